The van der Waals surface area contributed by atoms with Gasteiger partial charge in [0.1, 0.15) is 4.83 Å². The van der Waals surface area contributed by atoms with Crippen LogP contribution in [0.25, 0.3) is 10.2 Å². The fraction of sp³-hybridized carbons (Fsp3) is 0.143. The fourth-order valence-electron chi connectivity index (χ4n) is 2.12. The Balaban J connectivity index is 2.17. The predicted octanol–water partition coefficient (Wildman–Crippen LogP) is 2.04. The van der Waals surface area contributed by atoms with Gasteiger partial charge in [-0.2, -0.15) is 0 Å². The second-order valence-electron chi connectivity index (χ2n) is 4.21. The van der Waals surface area contributed by atoms with Crippen molar-refractivity contribution in [3.05, 3.63) is 64.0 Å². The van der Waals surface area contributed by atoms with Gasteiger partial charge in [0.2, 0.25) is 0 Å². The first kappa shape index (κ1) is 12.1. The molecule has 0 spiro atoms. The van der Waals surface area contributed by atoms with Gasteiger partial charge in [-0.3, -0.25) is 9.36 Å². The van der Waals surface area contributed by atoms with Gasteiger partial charge in [0, 0.05) is 0 Å². The summed E-state index contributed by atoms with van der Waals surface area (Å²) >= 11 is 1.44. The van der Waals surface area contributed by atoms with Crippen LogP contribution in [0.2, 0.25) is 0 Å². The fourth-order valence-corrected chi connectivity index (χ4v) is 2.84. The lowest BCUT2D eigenvalue weighted by atomic mass is 10.1. The molecule has 0 saturated heterocycles. The summed E-state index contributed by atoms with van der Waals surface area (Å²) in [4.78, 5) is 17.4. The van der Waals surface area contributed by atoms with Crippen molar-refractivity contribution >= 4 is 21.6 Å². The average molecular weight is 272 g/mol. The number of hydrogen-bond donors (Lipinski definition) is 1. The lowest BCUT2D eigenvalue weighted by Gasteiger charge is -2.17. The zero-order valence-electron chi connectivity index (χ0n) is 10.1. The van der Waals surface area contributed by atoms with E-state index in [2.05, 4.69) is 4.98 Å². The van der Waals surface area contributed by atoms with Crippen molar-refractivity contribution < 1.29 is 5.11 Å². The van der Waals surface area contributed by atoms with Crippen molar-refractivity contribution in [2.45, 2.75) is 6.04 Å². The van der Waals surface area contributed by atoms with Crippen molar-refractivity contribution in [2.75, 3.05) is 6.61 Å². The molecule has 2 aromatic heterocycles. The molecule has 1 atom stereocenters. The highest BCUT2D eigenvalue weighted by molar-refractivity contribution is 7.16. The van der Waals surface area contributed by atoms with Crippen molar-refractivity contribution in [3.8, 4) is 0 Å². The van der Waals surface area contributed by atoms with Gasteiger partial charge in [0.25, 0.3) is 5.56 Å². The molecule has 96 valence electrons. The van der Waals surface area contributed by atoms with Crippen LogP contribution in [-0.4, -0.2) is 21.3 Å². The van der Waals surface area contributed by atoms with E-state index in [1.54, 1.807) is 6.07 Å². The van der Waals surface area contributed by atoms with E-state index in [1.807, 2.05) is 35.7 Å². The molecule has 0 fully saturated rings. The maximum Gasteiger partial charge on any atom is 0.262 e. The SMILES string of the molecule is O=c1c2ccsc2ncn1[C@@H](CO)c1ccccc1. The summed E-state index contributed by atoms with van der Waals surface area (Å²) in [5.74, 6) is 0. The third-order valence-corrected chi connectivity index (χ3v) is 3.92. The van der Waals surface area contributed by atoms with Crippen LogP contribution in [0.3, 0.4) is 0 Å². The summed E-state index contributed by atoms with van der Waals surface area (Å²) in [6.07, 6.45) is 1.51. The third-order valence-electron chi connectivity index (χ3n) is 3.10. The number of benzene rings is 1. The van der Waals surface area contributed by atoms with Gasteiger partial charge in [-0.1, -0.05) is 30.3 Å². The highest BCUT2D eigenvalue weighted by Crippen LogP contribution is 2.18. The minimum atomic E-state index is -0.398. The topological polar surface area (TPSA) is 55.1 Å². The molecule has 3 aromatic rings. The van der Waals surface area contributed by atoms with Crippen LogP contribution in [-0.2, 0) is 0 Å². The van der Waals surface area contributed by atoms with Crippen LogP contribution in [0.1, 0.15) is 11.6 Å². The maximum absolute atomic E-state index is 12.4. The smallest absolute Gasteiger partial charge is 0.262 e. The third kappa shape index (κ3) is 2.07. The van der Waals surface area contributed by atoms with E-state index in [0.29, 0.717) is 5.39 Å². The molecule has 0 aliphatic rings. The molecular formula is C14H12N2O2S. The van der Waals surface area contributed by atoms with Gasteiger partial charge in [-0.15, -0.1) is 11.3 Å². The Morgan fingerprint density at radius 3 is 2.79 bits per heavy atom. The summed E-state index contributed by atoms with van der Waals surface area (Å²) in [7, 11) is 0. The first-order valence-corrected chi connectivity index (χ1v) is 6.79. The second-order valence-corrected chi connectivity index (χ2v) is 5.10. The molecule has 0 radical (unpaired) electrons. The standard InChI is InChI=1S/C14H12N2O2S/c17-8-12(10-4-2-1-3-5-10)16-9-15-13-11(14(16)18)6-7-19-13/h1-7,9,12,17H,8H2/t12-/m0/s1. The zero-order chi connectivity index (χ0) is 13.2. The van der Waals surface area contributed by atoms with Crippen molar-refractivity contribution in [1.29, 1.82) is 0 Å². The van der Waals surface area contributed by atoms with Crippen LogP contribution in [0, 0.1) is 0 Å². The summed E-state index contributed by atoms with van der Waals surface area (Å²) in [5.41, 5.74) is 0.776. The van der Waals surface area contributed by atoms with Crippen LogP contribution in [0.5, 0.6) is 0 Å². The first-order chi connectivity index (χ1) is 9.31. The Kier molecular flexibility index (Phi) is 3.15. The van der Waals surface area contributed by atoms with Crippen LogP contribution in [0.4, 0.5) is 0 Å². The minimum absolute atomic E-state index is 0.117. The molecule has 1 N–H and O–H groups in total. The Labute approximate surface area is 113 Å². The van der Waals surface area contributed by atoms with Crippen molar-refractivity contribution in [3.63, 3.8) is 0 Å². The van der Waals surface area contributed by atoms with Crippen LogP contribution < -0.4 is 5.56 Å². The summed E-state index contributed by atoms with van der Waals surface area (Å²) in [5, 5.41) is 12.0. The van der Waals surface area contributed by atoms with E-state index in [-0.39, 0.29) is 12.2 Å². The number of nitrogens with zero attached hydrogens (tertiary/aromatic N) is 2. The molecule has 3 rings (SSSR count). The lowest BCUT2D eigenvalue weighted by Crippen LogP contribution is -2.27. The normalized spacial score (nSPS) is 12.7. The summed E-state index contributed by atoms with van der Waals surface area (Å²) < 4.78 is 1.49. The van der Waals surface area contributed by atoms with Gasteiger partial charge >= 0.3 is 0 Å². The van der Waals surface area contributed by atoms with Gasteiger partial charge in [0.15, 0.2) is 0 Å². The Hall–Kier alpha value is -1.98. The maximum atomic E-state index is 12.4. The second kappa shape index (κ2) is 4.95. The molecular weight excluding hydrogens is 260 g/mol. The largest absolute Gasteiger partial charge is 0.394 e. The molecule has 4 nitrogen and oxygen atoms in total. The number of aliphatic hydroxyl groups is 1. The van der Waals surface area contributed by atoms with Gasteiger partial charge < -0.3 is 5.11 Å². The van der Waals surface area contributed by atoms with E-state index in [9.17, 15) is 9.90 Å². The summed E-state index contributed by atoms with van der Waals surface area (Å²) in [6.45, 7) is -0.138. The number of hydrogen-bond acceptors (Lipinski definition) is 4. The Morgan fingerprint density at radius 2 is 2.05 bits per heavy atom. The van der Waals surface area contributed by atoms with Gasteiger partial charge in [0.05, 0.1) is 24.4 Å². The average Bonchev–Trinajstić information content (AvgIpc) is 2.93. The monoisotopic (exact) mass is 272 g/mol. The highest BCUT2D eigenvalue weighted by Gasteiger charge is 2.15. The molecule has 2 heterocycles. The number of rotatable bonds is 3. The van der Waals surface area contributed by atoms with Crippen LogP contribution in [0.15, 0.2) is 52.9 Å². The Morgan fingerprint density at radius 1 is 1.26 bits per heavy atom. The molecule has 1 aromatic carbocycles. The molecule has 19 heavy (non-hydrogen) atoms. The highest BCUT2D eigenvalue weighted by atomic mass is 32.1. The molecule has 0 aliphatic carbocycles. The van der Waals surface area contributed by atoms with E-state index in [1.165, 1.54) is 22.2 Å². The quantitative estimate of drug-likeness (QED) is 0.794. The number of aromatic nitrogens is 2. The summed E-state index contributed by atoms with van der Waals surface area (Å²) in [6, 6.07) is 10.8. The molecule has 5 heteroatoms. The van der Waals surface area contributed by atoms with E-state index < -0.39 is 6.04 Å². The number of fused-ring (bicyclic) bond motifs is 1. The van der Waals surface area contributed by atoms with Gasteiger partial charge in [-0.05, 0) is 17.0 Å². The lowest BCUT2D eigenvalue weighted by molar-refractivity contribution is 0.246. The van der Waals surface area contributed by atoms with Crippen LogP contribution >= 0.6 is 11.3 Å². The van der Waals surface area contributed by atoms with Crippen molar-refractivity contribution in [1.82, 2.24) is 9.55 Å². The molecule has 0 aliphatic heterocycles. The van der Waals surface area contributed by atoms with Crippen molar-refractivity contribution in [2.24, 2.45) is 0 Å². The predicted molar refractivity (Wildman–Crippen MR) is 75.5 cm³/mol. The van der Waals surface area contributed by atoms with E-state index in [4.69, 9.17) is 0 Å². The van der Waals surface area contributed by atoms with E-state index in [0.717, 1.165) is 10.4 Å². The number of thiophene rings is 1. The van der Waals surface area contributed by atoms with E-state index >= 15 is 0 Å². The number of aliphatic hydroxyl groups excluding tert-OH is 1. The Bertz CT molecular complexity index is 749. The molecule has 0 unspecified atom stereocenters. The van der Waals surface area contributed by atoms with Gasteiger partial charge in [-0.25, -0.2) is 4.98 Å². The minimum Gasteiger partial charge on any atom is -0.394 e. The molecule has 0 saturated carbocycles. The molecule has 0 bridgehead atoms. The first-order valence-electron chi connectivity index (χ1n) is 5.91. The zero-order valence-corrected chi connectivity index (χ0v) is 10.9. The molecule has 0 amide bonds.